The van der Waals surface area contributed by atoms with Crippen LogP contribution in [0.2, 0.25) is 0 Å². The fraction of sp³-hybridized carbons (Fsp3) is 0.625. The van der Waals surface area contributed by atoms with Crippen LogP contribution >= 0.6 is 0 Å². The largest absolute Gasteiger partial charge is 0.465 e. The fourth-order valence-corrected chi connectivity index (χ4v) is 3.65. The van der Waals surface area contributed by atoms with Crippen molar-refractivity contribution in [2.75, 3.05) is 33.2 Å². The number of amides is 1. The van der Waals surface area contributed by atoms with E-state index >= 15 is 0 Å². The lowest BCUT2D eigenvalue weighted by atomic mass is 9.91. The Balaban J connectivity index is 1.72. The number of hydrogen-bond donors (Lipinski definition) is 2. The van der Waals surface area contributed by atoms with Gasteiger partial charge >= 0.3 is 6.09 Å². The molecule has 1 aromatic rings. The topological polar surface area (TPSA) is 68.7 Å². The van der Waals surface area contributed by atoms with Gasteiger partial charge in [0.05, 0.1) is 17.8 Å². The van der Waals surface area contributed by atoms with E-state index in [4.69, 9.17) is 0 Å². The Morgan fingerprint density at radius 3 is 3.27 bits per heavy atom. The van der Waals surface area contributed by atoms with Gasteiger partial charge in [-0.15, -0.1) is 0 Å². The second-order valence-electron chi connectivity index (χ2n) is 6.23. The molecule has 0 spiro atoms. The van der Waals surface area contributed by atoms with Crippen molar-refractivity contribution in [2.24, 2.45) is 0 Å². The van der Waals surface area contributed by atoms with Crippen LogP contribution in [0.5, 0.6) is 0 Å². The smallest absolute Gasteiger partial charge is 0.407 e. The zero-order valence-electron chi connectivity index (χ0n) is 13.0. The van der Waals surface area contributed by atoms with Crippen LogP contribution < -0.4 is 5.32 Å². The Hall–Kier alpha value is -1.66. The molecule has 0 saturated carbocycles. The van der Waals surface area contributed by atoms with E-state index in [-0.39, 0.29) is 6.04 Å². The maximum atomic E-state index is 11.4. The third-order valence-corrected chi connectivity index (χ3v) is 4.79. The average molecular weight is 304 g/mol. The van der Waals surface area contributed by atoms with Gasteiger partial charge in [-0.1, -0.05) is 6.07 Å². The summed E-state index contributed by atoms with van der Waals surface area (Å²) in [6.45, 7) is 2.76. The first-order chi connectivity index (χ1) is 10.7. The van der Waals surface area contributed by atoms with E-state index in [0.29, 0.717) is 12.6 Å². The van der Waals surface area contributed by atoms with Gasteiger partial charge in [0, 0.05) is 32.4 Å². The minimum atomic E-state index is -0.818. The molecule has 0 aromatic carbocycles. The molecule has 1 aliphatic heterocycles. The molecule has 22 heavy (non-hydrogen) atoms. The van der Waals surface area contributed by atoms with E-state index in [1.807, 2.05) is 12.3 Å². The molecule has 6 nitrogen and oxygen atoms in total. The van der Waals surface area contributed by atoms with Gasteiger partial charge in [0.15, 0.2) is 0 Å². The lowest BCUT2D eigenvalue weighted by Gasteiger charge is -2.39. The number of pyridine rings is 1. The SMILES string of the molecule is CN(CC1CNCCN1C(=O)O)C1CCCc2cccnc21. The van der Waals surface area contributed by atoms with Crippen molar-refractivity contribution in [2.45, 2.75) is 31.3 Å². The van der Waals surface area contributed by atoms with Crippen LogP contribution in [0.1, 0.15) is 30.1 Å². The van der Waals surface area contributed by atoms with Crippen molar-refractivity contribution in [3.8, 4) is 0 Å². The lowest BCUT2D eigenvalue weighted by Crippen LogP contribution is -2.57. The highest BCUT2D eigenvalue weighted by atomic mass is 16.4. The molecular weight excluding hydrogens is 280 g/mol. The number of carbonyl (C=O) groups is 1. The second-order valence-corrected chi connectivity index (χ2v) is 6.23. The molecule has 1 aliphatic carbocycles. The molecule has 1 amide bonds. The minimum absolute atomic E-state index is 0.00494. The van der Waals surface area contributed by atoms with E-state index in [0.717, 1.165) is 32.5 Å². The molecule has 0 bridgehead atoms. The molecule has 1 aromatic heterocycles. The number of aryl methyl sites for hydroxylation is 1. The van der Waals surface area contributed by atoms with Crippen LogP contribution in [-0.2, 0) is 6.42 Å². The van der Waals surface area contributed by atoms with E-state index in [2.05, 4.69) is 28.3 Å². The Kier molecular flexibility index (Phi) is 4.59. The summed E-state index contributed by atoms with van der Waals surface area (Å²) in [4.78, 5) is 19.8. The van der Waals surface area contributed by atoms with Gasteiger partial charge < -0.3 is 15.3 Å². The Morgan fingerprint density at radius 1 is 1.59 bits per heavy atom. The van der Waals surface area contributed by atoms with Gasteiger partial charge in [0.25, 0.3) is 0 Å². The molecule has 2 N–H and O–H groups in total. The number of likely N-dealkylation sites (N-methyl/N-ethyl adjacent to an activating group) is 1. The summed E-state index contributed by atoms with van der Waals surface area (Å²) in [5.74, 6) is 0. The summed E-state index contributed by atoms with van der Waals surface area (Å²) in [6, 6.07) is 4.46. The van der Waals surface area contributed by atoms with Gasteiger partial charge in [0.1, 0.15) is 0 Å². The number of aromatic nitrogens is 1. The third kappa shape index (κ3) is 3.08. The molecule has 2 unspecified atom stereocenters. The van der Waals surface area contributed by atoms with Crippen LogP contribution in [-0.4, -0.2) is 65.3 Å². The van der Waals surface area contributed by atoms with Crippen molar-refractivity contribution in [1.82, 2.24) is 20.1 Å². The summed E-state index contributed by atoms with van der Waals surface area (Å²) in [6.07, 6.45) is 4.39. The number of rotatable bonds is 3. The fourth-order valence-electron chi connectivity index (χ4n) is 3.65. The first-order valence-electron chi connectivity index (χ1n) is 8.01. The van der Waals surface area contributed by atoms with E-state index in [9.17, 15) is 9.90 Å². The van der Waals surface area contributed by atoms with Crippen LogP contribution in [0.3, 0.4) is 0 Å². The van der Waals surface area contributed by atoms with Crippen molar-refractivity contribution in [1.29, 1.82) is 0 Å². The zero-order chi connectivity index (χ0) is 15.5. The molecule has 1 saturated heterocycles. The quantitative estimate of drug-likeness (QED) is 0.882. The average Bonchev–Trinajstić information content (AvgIpc) is 2.54. The highest BCUT2D eigenvalue weighted by Gasteiger charge is 2.31. The van der Waals surface area contributed by atoms with Crippen LogP contribution in [0.4, 0.5) is 4.79 Å². The number of nitrogens with one attached hydrogen (secondary N) is 1. The molecule has 0 radical (unpaired) electrons. The highest BCUT2D eigenvalue weighted by molar-refractivity contribution is 5.65. The molecule has 3 rings (SSSR count). The molecule has 2 aliphatic rings. The second kappa shape index (κ2) is 6.62. The van der Waals surface area contributed by atoms with E-state index in [1.54, 1.807) is 4.90 Å². The number of nitrogens with zero attached hydrogens (tertiary/aromatic N) is 3. The maximum Gasteiger partial charge on any atom is 0.407 e. The van der Waals surface area contributed by atoms with Gasteiger partial charge in [-0.05, 0) is 37.9 Å². The Bertz CT molecular complexity index is 537. The van der Waals surface area contributed by atoms with Crippen molar-refractivity contribution < 1.29 is 9.90 Å². The van der Waals surface area contributed by atoms with E-state index < -0.39 is 6.09 Å². The predicted molar refractivity (Wildman–Crippen MR) is 83.9 cm³/mol. The monoisotopic (exact) mass is 304 g/mol. The van der Waals surface area contributed by atoms with Crippen LogP contribution in [0, 0.1) is 0 Å². The lowest BCUT2D eigenvalue weighted by molar-refractivity contribution is 0.0864. The molecule has 120 valence electrons. The maximum absolute atomic E-state index is 11.4. The Labute approximate surface area is 131 Å². The van der Waals surface area contributed by atoms with E-state index in [1.165, 1.54) is 17.7 Å². The normalized spacial score (nSPS) is 25.1. The number of carboxylic acid groups (broad SMARTS) is 1. The molecular formula is C16H24N4O2. The molecule has 6 heteroatoms. The van der Waals surface area contributed by atoms with Crippen molar-refractivity contribution in [3.63, 3.8) is 0 Å². The minimum Gasteiger partial charge on any atom is -0.465 e. The van der Waals surface area contributed by atoms with Crippen molar-refractivity contribution in [3.05, 3.63) is 29.6 Å². The summed E-state index contributed by atoms with van der Waals surface area (Å²) >= 11 is 0. The molecule has 2 atom stereocenters. The zero-order valence-corrected chi connectivity index (χ0v) is 13.0. The number of fused-ring (bicyclic) bond motifs is 1. The number of hydrogen-bond acceptors (Lipinski definition) is 4. The molecule has 2 heterocycles. The summed E-state index contributed by atoms with van der Waals surface area (Å²) < 4.78 is 0. The third-order valence-electron chi connectivity index (χ3n) is 4.79. The first kappa shape index (κ1) is 15.2. The standard InChI is InChI=1S/C16H24N4O2/c1-19(11-13-10-17-8-9-20(13)16(21)22)14-6-2-4-12-5-3-7-18-15(12)14/h3,5,7,13-14,17H,2,4,6,8-11H2,1H3,(H,21,22). The number of piperazine rings is 1. The van der Waals surface area contributed by atoms with Crippen molar-refractivity contribution >= 4 is 6.09 Å². The van der Waals surface area contributed by atoms with Gasteiger partial charge in [-0.3, -0.25) is 9.88 Å². The highest BCUT2D eigenvalue weighted by Crippen LogP contribution is 2.32. The molecule has 1 fully saturated rings. The van der Waals surface area contributed by atoms with Crippen LogP contribution in [0.15, 0.2) is 18.3 Å². The summed E-state index contributed by atoms with van der Waals surface area (Å²) in [5, 5.41) is 12.7. The predicted octanol–water partition coefficient (Wildman–Crippen LogP) is 1.34. The van der Waals surface area contributed by atoms with Gasteiger partial charge in [-0.2, -0.15) is 0 Å². The first-order valence-corrected chi connectivity index (χ1v) is 8.01. The van der Waals surface area contributed by atoms with Gasteiger partial charge in [-0.25, -0.2) is 4.79 Å². The van der Waals surface area contributed by atoms with Gasteiger partial charge in [0.2, 0.25) is 0 Å². The Morgan fingerprint density at radius 2 is 2.45 bits per heavy atom. The summed E-state index contributed by atoms with van der Waals surface area (Å²) in [7, 11) is 2.09. The summed E-state index contributed by atoms with van der Waals surface area (Å²) in [5.41, 5.74) is 2.50. The van der Waals surface area contributed by atoms with Crippen LogP contribution in [0.25, 0.3) is 0 Å².